The lowest BCUT2D eigenvalue weighted by atomic mass is 10.0. The van der Waals surface area contributed by atoms with Crippen molar-refractivity contribution < 1.29 is 9.59 Å². The Kier molecular flexibility index (Phi) is 5.21. The van der Waals surface area contributed by atoms with Gasteiger partial charge in [0.2, 0.25) is 5.91 Å². The lowest BCUT2D eigenvalue weighted by molar-refractivity contribution is -0.127. The highest BCUT2D eigenvalue weighted by atomic mass is 35.5. The predicted molar refractivity (Wildman–Crippen MR) is 90.5 cm³/mol. The molecule has 3 N–H and O–H groups in total. The largest absolute Gasteiger partial charge is 0.349 e. The van der Waals surface area contributed by atoms with Crippen molar-refractivity contribution in [2.75, 3.05) is 13.1 Å². The molecule has 3 heterocycles. The Hall–Kier alpha value is -1.15. The van der Waals surface area contributed by atoms with Gasteiger partial charge in [0.1, 0.15) is 6.29 Å². The van der Waals surface area contributed by atoms with E-state index in [1.54, 1.807) is 12.1 Å². The van der Waals surface area contributed by atoms with E-state index in [-0.39, 0.29) is 30.2 Å². The zero-order valence-electron chi connectivity index (χ0n) is 13.0. The normalized spacial score (nSPS) is 26.8. The molecule has 2 saturated heterocycles. The van der Waals surface area contributed by atoms with Crippen molar-refractivity contribution in [2.45, 2.75) is 44.6 Å². The van der Waals surface area contributed by atoms with Crippen molar-refractivity contribution in [1.29, 1.82) is 0 Å². The third-order valence-electron chi connectivity index (χ3n) is 4.26. The van der Waals surface area contributed by atoms with Gasteiger partial charge in [-0.3, -0.25) is 19.8 Å². The topological polar surface area (TPSA) is 73.5 Å². The molecule has 0 bridgehead atoms. The van der Waals surface area contributed by atoms with Crippen LogP contribution in [0.1, 0.15) is 35.9 Å². The Morgan fingerprint density at radius 2 is 2.13 bits per heavy atom. The molecule has 2 aliphatic rings. The summed E-state index contributed by atoms with van der Waals surface area (Å²) in [5.74, 6) is 0.0318. The molecule has 3 rings (SSSR count). The van der Waals surface area contributed by atoms with Gasteiger partial charge < -0.3 is 10.6 Å². The first-order valence-electron chi connectivity index (χ1n) is 7.87. The van der Waals surface area contributed by atoms with Crippen LogP contribution in [-0.4, -0.2) is 48.2 Å². The van der Waals surface area contributed by atoms with Crippen LogP contribution in [0.4, 0.5) is 0 Å². The summed E-state index contributed by atoms with van der Waals surface area (Å²) >= 11 is 7.16. The van der Waals surface area contributed by atoms with E-state index in [1.807, 2.05) is 6.92 Å². The molecule has 2 aliphatic heterocycles. The van der Waals surface area contributed by atoms with Crippen molar-refractivity contribution in [3.8, 4) is 0 Å². The Bertz CT molecular complexity index is 586. The highest BCUT2D eigenvalue weighted by molar-refractivity contribution is 7.17. The zero-order valence-corrected chi connectivity index (χ0v) is 14.5. The maximum absolute atomic E-state index is 12.2. The van der Waals surface area contributed by atoms with Crippen molar-refractivity contribution in [1.82, 2.24) is 20.9 Å². The quantitative estimate of drug-likeness (QED) is 0.765. The molecule has 2 fully saturated rings. The van der Waals surface area contributed by atoms with Gasteiger partial charge >= 0.3 is 0 Å². The highest BCUT2D eigenvalue weighted by Gasteiger charge is 2.30. The Labute approximate surface area is 144 Å². The van der Waals surface area contributed by atoms with Crippen LogP contribution in [0.25, 0.3) is 0 Å². The molecule has 1 aromatic heterocycles. The first-order chi connectivity index (χ1) is 11.0. The van der Waals surface area contributed by atoms with E-state index < -0.39 is 0 Å². The molecule has 126 valence electrons. The number of carbonyl (C=O) groups is 2. The molecule has 0 spiro atoms. The van der Waals surface area contributed by atoms with E-state index >= 15 is 0 Å². The summed E-state index contributed by atoms with van der Waals surface area (Å²) in [5.41, 5.74) is 0. The van der Waals surface area contributed by atoms with E-state index in [0.29, 0.717) is 15.6 Å². The van der Waals surface area contributed by atoms with Gasteiger partial charge in [-0.2, -0.15) is 0 Å². The number of amides is 2. The minimum absolute atomic E-state index is 0.0573. The summed E-state index contributed by atoms with van der Waals surface area (Å²) in [6.45, 7) is 3.69. The average molecular weight is 357 g/mol. The molecule has 6 nitrogen and oxygen atoms in total. The number of halogens is 1. The van der Waals surface area contributed by atoms with Gasteiger partial charge in [0.15, 0.2) is 0 Å². The van der Waals surface area contributed by atoms with Gasteiger partial charge in [0.25, 0.3) is 5.91 Å². The van der Waals surface area contributed by atoms with Gasteiger partial charge in [-0.1, -0.05) is 11.6 Å². The fourth-order valence-electron chi connectivity index (χ4n) is 3.05. The number of nitrogens with zero attached hydrogens (tertiary/aromatic N) is 1. The third kappa shape index (κ3) is 4.23. The predicted octanol–water partition coefficient (Wildman–Crippen LogP) is 1.38. The third-order valence-corrected chi connectivity index (χ3v) is 5.49. The Morgan fingerprint density at radius 1 is 1.39 bits per heavy atom. The lowest BCUT2D eigenvalue weighted by Crippen LogP contribution is -2.65. The SMILES string of the molecule is CC1CC(=O)NC(N2CCC(NC(=O)c3ccc(Cl)s3)CC2)N1. The van der Waals surface area contributed by atoms with Crippen LogP contribution >= 0.6 is 22.9 Å². The molecule has 0 radical (unpaired) electrons. The Balaban J connectivity index is 1.48. The maximum Gasteiger partial charge on any atom is 0.261 e. The molecular weight excluding hydrogens is 336 g/mol. The highest BCUT2D eigenvalue weighted by Crippen LogP contribution is 2.22. The standard InChI is InChI=1S/C15H21ClN4O2S/c1-9-8-13(21)19-15(17-9)20-6-4-10(5-7-20)18-14(22)11-2-3-12(16)23-11/h2-3,9-10,15,17H,4-8H2,1H3,(H,18,22)(H,19,21). The van der Waals surface area contributed by atoms with Crippen LogP contribution in [0.5, 0.6) is 0 Å². The number of carbonyl (C=O) groups excluding carboxylic acids is 2. The molecule has 0 aliphatic carbocycles. The second-order valence-corrected chi connectivity index (χ2v) is 7.84. The number of piperidine rings is 1. The molecule has 1 aromatic rings. The minimum atomic E-state index is -0.0981. The van der Waals surface area contributed by atoms with Crippen LogP contribution in [0.2, 0.25) is 4.34 Å². The fourth-order valence-corrected chi connectivity index (χ4v) is 4.00. The molecule has 0 aromatic carbocycles. The van der Waals surface area contributed by atoms with Crippen LogP contribution < -0.4 is 16.0 Å². The van der Waals surface area contributed by atoms with Crippen LogP contribution in [-0.2, 0) is 4.79 Å². The van der Waals surface area contributed by atoms with Gasteiger partial charge in [-0.15, -0.1) is 11.3 Å². The lowest BCUT2D eigenvalue weighted by Gasteiger charge is -2.41. The summed E-state index contributed by atoms with van der Waals surface area (Å²) in [6, 6.07) is 3.84. The summed E-state index contributed by atoms with van der Waals surface area (Å²) in [6.07, 6.45) is 2.16. The second kappa shape index (κ2) is 7.17. The maximum atomic E-state index is 12.2. The van der Waals surface area contributed by atoms with Crippen LogP contribution in [0, 0.1) is 0 Å². The molecule has 8 heteroatoms. The van der Waals surface area contributed by atoms with Gasteiger partial charge in [0, 0.05) is 31.6 Å². The van der Waals surface area contributed by atoms with Crippen LogP contribution in [0.3, 0.4) is 0 Å². The van der Waals surface area contributed by atoms with Crippen molar-refractivity contribution in [3.05, 3.63) is 21.3 Å². The number of hydrogen-bond donors (Lipinski definition) is 3. The van der Waals surface area contributed by atoms with Gasteiger partial charge in [-0.05, 0) is 31.9 Å². The molecule has 2 amide bonds. The minimum Gasteiger partial charge on any atom is -0.349 e. The fraction of sp³-hybridized carbons (Fsp3) is 0.600. The number of likely N-dealkylation sites (tertiary alicyclic amines) is 1. The first-order valence-corrected chi connectivity index (χ1v) is 9.06. The summed E-state index contributed by atoms with van der Waals surface area (Å²) in [7, 11) is 0. The van der Waals surface area contributed by atoms with E-state index in [1.165, 1.54) is 11.3 Å². The summed E-state index contributed by atoms with van der Waals surface area (Å²) in [4.78, 5) is 26.7. The molecular formula is C15H21ClN4O2S. The Morgan fingerprint density at radius 3 is 2.74 bits per heavy atom. The smallest absolute Gasteiger partial charge is 0.261 e. The number of hydrogen-bond acceptors (Lipinski definition) is 5. The van der Waals surface area contributed by atoms with Gasteiger partial charge in [0.05, 0.1) is 9.21 Å². The van der Waals surface area contributed by atoms with E-state index in [0.717, 1.165) is 25.9 Å². The van der Waals surface area contributed by atoms with Crippen LogP contribution in [0.15, 0.2) is 12.1 Å². The molecule has 2 unspecified atom stereocenters. The molecule has 2 atom stereocenters. The van der Waals surface area contributed by atoms with Crippen molar-refractivity contribution >= 4 is 34.8 Å². The molecule has 0 saturated carbocycles. The monoisotopic (exact) mass is 356 g/mol. The number of rotatable bonds is 3. The first kappa shape index (κ1) is 16.7. The van der Waals surface area contributed by atoms with E-state index in [9.17, 15) is 9.59 Å². The second-order valence-electron chi connectivity index (χ2n) is 6.13. The van der Waals surface area contributed by atoms with E-state index in [4.69, 9.17) is 11.6 Å². The van der Waals surface area contributed by atoms with Crippen molar-refractivity contribution in [2.24, 2.45) is 0 Å². The van der Waals surface area contributed by atoms with E-state index in [2.05, 4.69) is 20.9 Å². The molecule has 23 heavy (non-hydrogen) atoms. The number of thiophene rings is 1. The van der Waals surface area contributed by atoms with Gasteiger partial charge in [-0.25, -0.2) is 0 Å². The number of nitrogens with one attached hydrogen (secondary N) is 3. The average Bonchev–Trinajstić information content (AvgIpc) is 2.94. The summed E-state index contributed by atoms with van der Waals surface area (Å²) in [5, 5.41) is 9.44. The van der Waals surface area contributed by atoms with Crippen molar-refractivity contribution in [3.63, 3.8) is 0 Å². The summed E-state index contributed by atoms with van der Waals surface area (Å²) < 4.78 is 0.623. The zero-order chi connectivity index (χ0) is 16.4.